The summed E-state index contributed by atoms with van der Waals surface area (Å²) >= 11 is 0. The summed E-state index contributed by atoms with van der Waals surface area (Å²) in [6.07, 6.45) is 2.22. The molecule has 0 aromatic carbocycles. The topological polar surface area (TPSA) is 69.2 Å². The molecule has 0 radical (unpaired) electrons. The fraction of sp³-hybridized carbons (Fsp3) is 0.750. The van der Waals surface area contributed by atoms with Crippen molar-refractivity contribution in [3.63, 3.8) is 0 Å². The van der Waals surface area contributed by atoms with Gasteiger partial charge in [0.05, 0.1) is 19.4 Å². The maximum Gasteiger partial charge on any atom is 0.227 e. The van der Waals surface area contributed by atoms with Crippen LogP contribution in [0.25, 0.3) is 0 Å². The highest BCUT2D eigenvalue weighted by Crippen LogP contribution is 1.94. The highest BCUT2D eigenvalue weighted by Gasteiger charge is 2.05. The Labute approximate surface area is 77.6 Å². The summed E-state index contributed by atoms with van der Waals surface area (Å²) in [7, 11) is 1.67. The van der Waals surface area contributed by atoms with E-state index in [1.165, 1.54) is 0 Å². The first-order valence-corrected chi connectivity index (χ1v) is 4.28. The van der Waals surface area contributed by atoms with Crippen molar-refractivity contribution in [3.05, 3.63) is 0 Å². The van der Waals surface area contributed by atoms with Crippen LogP contribution in [0.5, 0.6) is 0 Å². The highest BCUT2D eigenvalue weighted by molar-refractivity contribution is 6.26. The van der Waals surface area contributed by atoms with E-state index in [-0.39, 0.29) is 6.17 Å². The van der Waals surface area contributed by atoms with Crippen molar-refractivity contribution in [2.24, 2.45) is 15.7 Å². The molecule has 0 saturated heterocycles. The van der Waals surface area contributed by atoms with Crippen molar-refractivity contribution in [1.82, 2.24) is 0 Å². The smallest absolute Gasteiger partial charge is 0.227 e. The van der Waals surface area contributed by atoms with Crippen molar-refractivity contribution in [2.75, 3.05) is 26.9 Å². The molecule has 0 aromatic rings. The maximum absolute atomic E-state index is 5.49. The molecule has 5 nitrogen and oxygen atoms in total. The predicted octanol–water partition coefficient (Wildman–Crippen LogP) is -0.193. The van der Waals surface area contributed by atoms with Crippen LogP contribution in [0.2, 0.25) is 0 Å². The summed E-state index contributed by atoms with van der Waals surface area (Å²) < 4.78 is 10.2. The zero-order valence-electron chi connectivity index (χ0n) is 7.77. The average molecular weight is 185 g/mol. The van der Waals surface area contributed by atoms with Gasteiger partial charge in [-0.3, -0.25) is 4.99 Å². The van der Waals surface area contributed by atoms with Gasteiger partial charge in [-0.15, -0.1) is 0 Å². The molecule has 0 saturated carbocycles. The molecule has 1 atom stereocenters. The van der Waals surface area contributed by atoms with Crippen LogP contribution in [-0.4, -0.2) is 45.1 Å². The van der Waals surface area contributed by atoms with Crippen LogP contribution in [-0.2, 0) is 9.47 Å². The molecule has 1 heterocycles. The van der Waals surface area contributed by atoms with E-state index in [0.717, 1.165) is 6.42 Å². The van der Waals surface area contributed by atoms with E-state index in [9.17, 15) is 0 Å². The molecule has 0 aromatic heterocycles. The van der Waals surface area contributed by atoms with Gasteiger partial charge in [0, 0.05) is 20.1 Å². The SMILES string of the molecule is COCCCOC1=NCC(N)N=C1. The monoisotopic (exact) mass is 185 g/mol. The van der Waals surface area contributed by atoms with E-state index in [1.54, 1.807) is 13.3 Å². The Bertz CT molecular complexity index is 204. The van der Waals surface area contributed by atoms with Crippen LogP contribution in [0.3, 0.4) is 0 Å². The van der Waals surface area contributed by atoms with Crippen LogP contribution in [0.1, 0.15) is 6.42 Å². The second-order valence-electron chi connectivity index (χ2n) is 2.72. The van der Waals surface area contributed by atoms with Gasteiger partial charge in [-0.1, -0.05) is 0 Å². The summed E-state index contributed by atoms with van der Waals surface area (Å²) in [6, 6.07) is 0. The molecule has 1 unspecified atom stereocenters. The number of methoxy groups -OCH3 is 1. The van der Waals surface area contributed by atoms with Crippen molar-refractivity contribution < 1.29 is 9.47 Å². The van der Waals surface area contributed by atoms with Crippen LogP contribution < -0.4 is 5.73 Å². The third-order valence-electron chi connectivity index (χ3n) is 1.55. The first-order valence-electron chi connectivity index (χ1n) is 4.28. The van der Waals surface area contributed by atoms with Crippen LogP contribution >= 0.6 is 0 Å². The van der Waals surface area contributed by atoms with Gasteiger partial charge < -0.3 is 15.2 Å². The summed E-state index contributed by atoms with van der Waals surface area (Å²) in [5.74, 6) is 0.567. The Balaban J connectivity index is 2.12. The first kappa shape index (κ1) is 10.1. The largest absolute Gasteiger partial charge is 0.477 e. The molecule has 1 aliphatic rings. The number of aliphatic imine (C=N–C) groups is 2. The third kappa shape index (κ3) is 4.00. The lowest BCUT2D eigenvalue weighted by atomic mass is 10.4. The quantitative estimate of drug-likeness (QED) is 0.617. The number of nitrogens with zero attached hydrogens (tertiary/aromatic N) is 2. The molecular formula is C8H15N3O2. The standard InChI is InChI=1S/C8H15N3O2/c1-12-3-2-4-13-8-6-10-7(9)5-11-8/h6-7H,2-5,9H2,1H3. The minimum absolute atomic E-state index is 0.202. The van der Waals surface area contributed by atoms with Gasteiger partial charge in [-0.25, -0.2) is 4.99 Å². The van der Waals surface area contributed by atoms with E-state index >= 15 is 0 Å². The Kier molecular flexibility index (Phi) is 4.42. The van der Waals surface area contributed by atoms with Crippen LogP contribution in [0.4, 0.5) is 0 Å². The minimum Gasteiger partial charge on any atom is -0.477 e. The van der Waals surface area contributed by atoms with Crippen molar-refractivity contribution in [2.45, 2.75) is 12.6 Å². The van der Waals surface area contributed by atoms with Gasteiger partial charge in [0.25, 0.3) is 0 Å². The fourth-order valence-electron chi connectivity index (χ4n) is 0.894. The molecule has 0 amide bonds. The van der Waals surface area contributed by atoms with E-state index in [1.807, 2.05) is 0 Å². The van der Waals surface area contributed by atoms with Gasteiger partial charge in [0.1, 0.15) is 6.17 Å². The number of nitrogens with two attached hydrogens (primary N) is 1. The van der Waals surface area contributed by atoms with Crippen LogP contribution in [0.15, 0.2) is 9.98 Å². The third-order valence-corrected chi connectivity index (χ3v) is 1.55. The van der Waals surface area contributed by atoms with Gasteiger partial charge in [0.15, 0.2) is 0 Å². The molecule has 74 valence electrons. The zero-order chi connectivity index (χ0) is 9.52. The van der Waals surface area contributed by atoms with E-state index < -0.39 is 0 Å². The van der Waals surface area contributed by atoms with E-state index in [0.29, 0.717) is 25.7 Å². The van der Waals surface area contributed by atoms with E-state index in [4.69, 9.17) is 15.2 Å². The summed E-state index contributed by atoms with van der Waals surface area (Å²) in [5, 5.41) is 0. The molecule has 2 N–H and O–H groups in total. The maximum atomic E-state index is 5.49. The first-order chi connectivity index (χ1) is 6.33. The Morgan fingerprint density at radius 2 is 2.46 bits per heavy atom. The highest BCUT2D eigenvalue weighted by atomic mass is 16.5. The predicted molar refractivity (Wildman–Crippen MR) is 51.2 cm³/mol. The normalized spacial score (nSPS) is 21.4. The number of hydrogen-bond acceptors (Lipinski definition) is 5. The molecule has 0 aliphatic carbocycles. The Morgan fingerprint density at radius 1 is 1.62 bits per heavy atom. The molecule has 13 heavy (non-hydrogen) atoms. The lowest BCUT2D eigenvalue weighted by molar-refractivity contribution is 0.170. The molecule has 0 spiro atoms. The number of ether oxygens (including phenoxy) is 2. The molecule has 1 rings (SSSR count). The molecule has 5 heteroatoms. The van der Waals surface area contributed by atoms with Gasteiger partial charge in [-0.05, 0) is 0 Å². The molecular weight excluding hydrogens is 170 g/mol. The van der Waals surface area contributed by atoms with Crippen molar-refractivity contribution in [3.8, 4) is 0 Å². The van der Waals surface area contributed by atoms with Gasteiger partial charge in [-0.2, -0.15) is 0 Å². The number of rotatable bonds is 4. The van der Waals surface area contributed by atoms with Crippen LogP contribution in [0, 0.1) is 0 Å². The average Bonchev–Trinajstić information content (AvgIpc) is 2.15. The molecule has 0 fully saturated rings. The summed E-state index contributed by atoms with van der Waals surface area (Å²) in [4.78, 5) is 8.06. The summed E-state index contributed by atoms with van der Waals surface area (Å²) in [6.45, 7) is 1.81. The molecule has 1 aliphatic heterocycles. The van der Waals surface area contributed by atoms with Gasteiger partial charge >= 0.3 is 0 Å². The summed E-state index contributed by atoms with van der Waals surface area (Å²) in [5.41, 5.74) is 5.49. The zero-order valence-corrected chi connectivity index (χ0v) is 7.77. The fourth-order valence-corrected chi connectivity index (χ4v) is 0.894. The van der Waals surface area contributed by atoms with Crippen molar-refractivity contribution >= 4 is 12.1 Å². The molecule has 0 bridgehead atoms. The lowest BCUT2D eigenvalue weighted by Crippen LogP contribution is -2.27. The lowest BCUT2D eigenvalue weighted by Gasteiger charge is -2.11. The van der Waals surface area contributed by atoms with Crippen molar-refractivity contribution in [1.29, 1.82) is 0 Å². The van der Waals surface area contributed by atoms with E-state index in [2.05, 4.69) is 9.98 Å². The minimum atomic E-state index is -0.202. The second kappa shape index (κ2) is 5.66. The Hall–Kier alpha value is -0.940. The Morgan fingerprint density at radius 3 is 3.08 bits per heavy atom. The van der Waals surface area contributed by atoms with Gasteiger partial charge in [0.2, 0.25) is 5.90 Å². The second-order valence-corrected chi connectivity index (χ2v) is 2.72. The number of hydrogen-bond donors (Lipinski definition) is 1.